The maximum atomic E-state index is 9.08. The number of nitriles is 1. The van der Waals surface area contributed by atoms with Crippen LogP contribution >= 0.6 is 0 Å². The zero-order valence-corrected chi connectivity index (χ0v) is 8.21. The van der Waals surface area contributed by atoms with E-state index in [1.54, 1.807) is 0 Å². The summed E-state index contributed by atoms with van der Waals surface area (Å²) < 4.78 is 0. The summed E-state index contributed by atoms with van der Waals surface area (Å²) >= 11 is 0. The highest BCUT2D eigenvalue weighted by Crippen LogP contribution is 2.33. The van der Waals surface area contributed by atoms with Crippen molar-refractivity contribution >= 4 is 0 Å². The average molecular weight is 182 g/mol. The third-order valence-corrected chi connectivity index (χ3v) is 3.01. The van der Waals surface area contributed by atoms with Crippen molar-refractivity contribution < 1.29 is 5.11 Å². The van der Waals surface area contributed by atoms with Crippen molar-refractivity contribution in [1.29, 1.82) is 5.26 Å². The average Bonchev–Trinajstić information content (AvgIpc) is 2.67. The van der Waals surface area contributed by atoms with Crippen LogP contribution in [0, 0.1) is 17.2 Å². The molecule has 1 unspecified atom stereocenters. The first-order chi connectivity index (χ1) is 6.23. The van der Waals surface area contributed by atoms with Crippen LogP contribution in [0.3, 0.4) is 0 Å². The van der Waals surface area contributed by atoms with Gasteiger partial charge < -0.3 is 5.11 Å². The molecular weight excluding hydrogens is 164 g/mol. The molecule has 1 rings (SSSR count). The van der Waals surface area contributed by atoms with Gasteiger partial charge in [0.25, 0.3) is 0 Å². The molecule has 0 heterocycles. The van der Waals surface area contributed by atoms with Crippen LogP contribution in [0.5, 0.6) is 0 Å². The summed E-state index contributed by atoms with van der Waals surface area (Å²) in [5, 5.41) is 20.9. The second-order valence-corrected chi connectivity index (χ2v) is 3.95. The van der Waals surface area contributed by atoms with Crippen LogP contribution in [0.2, 0.25) is 0 Å². The number of aliphatic hydroxyl groups excluding tert-OH is 1. The Morgan fingerprint density at radius 3 is 2.62 bits per heavy atom. The Kier molecular flexibility index (Phi) is 3.71. The molecule has 1 saturated carbocycles. The first-order valence-electron chi connectivity index (χ1n) is 5.00. The highest BCUT2D eigenvalue weighted by molar-refractivity contribution is 5.08. The molecule has 0 bridgehead atoms. The molecule has 0 aromatic carbocycles. The highest BCUT2D eigenvalue weighted by Gasteiger charge is 2.35. The SMILES string of the molecule is CC(C#N)(NCCO)C1CCCC1. The van der Waals surface area contributed by atoms with E-state index in [0.717, 1.165) is 12.8 Å². The summed E-state index contributed by atoms with van der Waals surface area (Å²) in [5.41, 5.74) is -0.431. The Morgan fingerprint density at radius 1 is 1.54 bits per heavy atom. The summed E-state index contributed by atoms with van der Waals surface area (Å²) in [5.74, 6) is 0.462. The largest absolute Gasteiger partial charge is 0.395 e. The summed E-state index contributed by atoms with van der Waals surface area (Å²) in [4.78, 5) is 0. The second-order valence-electron chi connectivity index (χ2n) is 3.95. The number of aliphatic hydroxyl groups is 1. The minimum absolute atomic E-state index is 0.101. The topological polar surface area (TPSA) is 56.0 Å². The number of nitrogens with zero attached hydrogens (tertiary/aromatic N) is 1. The number of hydrogen-bond donors (Lipinski definition) is 2. The molecule has 1 fully saturated rings. The quantitative estimate of drug-likeness (QED) is 0.683. The molecule has 3 nitrogen and oxygen atoms in total. The van der Waals surface area contributed by atoms with Crippen molar-refractivity contribution in [3.63, 3.8) is 0 Å². The Bertz CT molecular complexity index is 194. The Hall–Kier alpha value is -0.590. The predicted molar refractivity (Wildman–Crippen MR) is 51.1 cm³/mol. The van der Waals surface area contributed by atoms with Gasteiger partial charge in [-0.1, -0.05) is 12.8 Å². The van der Waals surface area contributed by atoms with E-state index >= 15 is 0 Å². The van der Waals surface area contributed by atoms with Gasteiger partial charge in [0.1, 0.15) is 5.54 Å². The van der Waals surface area contributed by atoms with Gasteiger partial charge in [0, 0.05) is 6.54 Å². The molecule has 13 heavy (non-hydrogen) atoms. The van der Waals surface area contributed by atoms with Gasteiger partial charge in [0.15, 0.2) is 0 Å². The van der Waals surface area contributed by atoms with Gasteiger partial charge in [-0.05, 0) is 25.7 Å². The lowest BCUT2D eigenvalue weighted by Crippen LogP contribution is -2.47. The van der Waals surface area contributed by atoms with Crippen molar-refractivity contribution in [2.75, 3.05) is 13.2 Å². The zero-order chi connectivity index (χ0) is 9.73. The smallest absolute Gasteiger partial charge is 0.106 e. The maximum Gasteiger partial charge on any atom is 0.106 e. The molecule has 74 valence electrons. The van der Waals surface area contributed by atoms with Crippen molar-refractivity contribution in [2.45, 2.75) is 38.1 Å². The molecule has 0 aromatic heterocycles. The minimum Gasteiger partial charge on any atom is -0.395 e. The monoisotopic (exact) mass is 182 g/mol. The lowest BCUT2D eigenvalue weighted by Gasteiger charge is -2.29. The molecular formula is C10H18N2O. The van der Waals surface area contributed by atoms with Crippen LogP contribution in [-0.2, 0) is 0 Å². The van der Waals surface area contributed by atoms with Gasteiger partial charge >= 0.3 is 0 Å². The molecule has 1 aliphatic rings. The van der Waals surface area contributed by atoms with E-state index in [2.05, 4.69) is 11.4 Å². The highest BCUT2D eigenvalue weighted by atomic mass is 16.3. The Labute approximate surface area is 79.8 Å². The molecule has 2 N–H and O–H groups in total. The minimum atomic E-state index is -0.431. The summed E-state index contributed by atoms with van der Waals surface area (Å²) in [6.45, 7) is 2.56. The second kappa shape index (κ2) is 4.59. The normalized spacial score (nSPS) is 22.5. The summed E-state index contributed by atoms with van der Waals surface area (Å²) in [6, 6.07) is 2.33. The van der Waals surface area contributed by atoms with Crippen LogP contribution in [0.1, 0.15) is 32.6 Å². The first-order valence-corrected chi connectivity index (χ1v) is 5.00. The van der Waals surface area contributed by atoms with E-state index in [-0.39, 0.29) is 6.61 Å². The van der Waals surface area contributed by atoms with E-state index in [1.807, 2.05) is 6.92 Å². The number of nitrogens with one attached hydrogen (secondary N) is 1. The summed E-state index contributed by atoms with van der Waals surface area (Å²) in [7, 11) is 0. The third kappa shape index (κ3) is 2.43. The molecule has 1 aliphatic carbocycles. The van der Waals surface area contributed by atoms with E-state index in [1.165, 1.54) is 12.8 Å². The lowest BCUT2D eigenvalue weighted by molar-refractivity contribution is 0.245. The molecule has 0 radical (unpaired) electrons. The number of rotatable bonds is 4. The van der Waals surface area contributed by atoms with Crippen LogP contribution in [-0.4, -0.2) is 23.8 Å². The molecule has 0 amide bonds. The van der Waals surface area contributed by atoms with E-state index in [0.29, 0.717) is 12.5 Å². The van der Waals surface area contributed by atoms with E-state index < -0.39 is 5.54 Å². The fourth-order valence-electron chi connectivity index (χ4n) is 2.09. The zero-order valence-electron chi connectivity index (χ0n) is 8.21. The van der Waals surface area contributed by atoms with Gasteiger partial charge in [-0.2, -0.15) is 5.26 Å². The molecule has 0 spiro atoms. The molecule has 3 heteroatoms. The Balaban J connectivity index is 2.52. The van der Waals surface area contributed by atoms with Gasteiger partial charge in [-0.3, -0.25) is 5.32 Å². The van der Waals surface area contributed by atoms with Crippen LogP contribution in [0.4, 0.5) is 0 Å². The van der Waals surface area contributed by atoms with Gasteiger partial charge in [-0.15, -0.1) is 0 Å². The predicted octanol–water partition coefficient (Wildman–Crippen LogP) is 1.04. The van der Waals surface area contributed by atoms with Gasteiger partial charge in [-0.25, -0.2) is 0 Å². The molecule has 0 aromatic rings. The lowest BCUT2D eigenvalue weighted by atomic mass is 9.85. The van der Waals surface area contributed by atoms with Gasteiger partial charge in [0.05, 0.1) is 12.7 Å². The summed E-state index contributed by atoms with van der Waals surface area (Å²) in [6.07, 6.45) is 4.76. The fraction of sp³-hybridized carbons (Fsp3) is 0.900. The Morgan fingerprint density at radius 2 is 2.15 bits per heavy atom. The van der Waals surface area contributed by atoms with E-state index in [4.69, 9.17) is 10.4 Å². The molecule has 1 atom stereocenters. The van der Waals surface area contributed by atoms with E-state index in [9.17, 15) is 0 Å². The maximum absolute atomic E-state index is 9.08. The van der Waals surface area contributed by atoms with Crippen molar-refractivity contribution in [3.8, 4) is 6.07 Å². The fourth-order valence-corrected chi connectivity index (χ4v) is 2.09. The number of hydrogen-bond acceptors (Lipinski definition) is 3. The van der Waals surface area contributed by atoms with Gasteiger partial charge in [0.2, 0.25) is 0 Å². The van der Waals surface area contributed by atoms with Crippen LogP contribution in [0.15, 0.2) is 0 Å². The number of β-amino-alcohol motifs (C(OH)–C–C–N with tert-alkyl or cyclic N) is 1. The van der Waals surface area contributed by atoms with Crippen LogP contribution in [0.25, 0.3) is 0 Å². The first kappa shape index (κ1) is 10.5. The molecule has 0 saturated heterocycles. The third-order valence-electron chi connectivity index (χ3n) is 3.01. The standard InChI is InChI=1S/C10H18N2O/c1-10(8-11,12-6-7-13)9-4-2-3-5-9/h9,12-13H,2-7H2,1H3. The van der Waals surface area contributed by atoms with Crippen molar-refractivity contribution in [3.05, 3.63) is 0 Å². The van der Waals surface area contributed by atoms with Crippen molar-refractivity contribution in [1.82, 2.24) is 5.32 Å². The van der Waals surface area contributed by atoms with Crippen LogP contribution < -0.4 is 5.32 Å². The molecule has 0 aliphatic heterocycles. The van der Waals surface area contributed by atoms with Crippen molar-refractivity contribution in [2.24, 2.45) is 5.92 Å².